The van der Waals surface area contributed by atoms with Crippen LogP contribution >= 0.6 is 0 Å². The number of rotatable bonds is 5. The monoisotopic (exact) mass is 394 g/mol. The molecule has 2 aliphatic rings. The van der Waals surface area contributed by atoms with E-state index in [2.05, 4.69) is 10.00 Å². The molecule has 29 heavy (non-hydrogen) atoms. The first kappa shape index (κ1) is 19.4. The van der Waals surface area contributed by atoms with Gasteiger partial charge in [-0.25, -0.2) is 4.68 Å². The Kier molecular flexibility index (Phi) is 5.22. The number of hydrogen-bond donors (Lipinski definition) is 0. The van der Waals surface area contributed by atoms with Gasteiger partial charge in [0.25, 0.3) is 5.56 Å². The van der Waals surface area contributed by atoms with Crippen LogP contribution in [0.2, 0.25) is 0 Å². The molecule has 2 heterocycles. The van der Waals surface area contributed by atoms with Crippen molar-refractivity contribution in [1.29, 1.82) is 0 Å². The van der Waals surface area contributed by atoms with Gasteiger partial charge in [-0.15, -0.1) is 0 Å². The van der Waals surface area contributed by atoms with Gasteiger partial charge >= 0.3 is 0 Å². The number of benzene rings is 1. The molecule has 7 heteroatoms. The molecule has 152 valence electrons. The third-order valence-electron chi connectivity index (χ3n) is 5.80. The molecule has 1 saturated heterocycles. The van der Waals surface area contributed by atoms with Crippen LogP contribution < -0.4 is 10.5 Å². The fourth-order valence-electron chi connectivity index (χ4n) is 3.78. The second kappa shape index (κ2) is 7.81. The summed E-state index contributed by atoms with van der Waals surface area (Å²) < 4.78 is 1.34. The van der Waals surface area contributed by atoms with E-state index in [1.165, 1.54) is 10.7 Å². The summed E-state index contributed by atoms with van der Waals surface area (Å²) in [5, 5.41) is 4.45. The van der Waals surface area contributed by atoms with E-state index in [1.807, 2.05) is 29.2 Å². The van der Waals surface area contributed by atoms with E-state index in [0.29, 0.717) is 37.7 Å². The number of aromatic nitrogens is 2. The molecule has 1 aliphatic carbocycles. The summed E-state index contributed by atoms with van der Waals surface area (Å²) in [4.78, 5) is 40.7. The highest BCUT2D eigenvalue weighted by molar-refractivity contribution is 5.94. The van der Waals surface area contributed by atoms with Crippen LogP contribution in [0.5, 0.6) is 0 Å². The molecule has 0 N–H and O–H groups in total. The van der Waals surface area contributed by atoms with Crippen molar-refractivity contribution in [3.8, 4) is 0 Å². The van der Waals surface area contributed by atoms with Gasteiger partial charge in [-0.2, -0.15) is 5.10 Å². The Hall–Kier alpha value is -2.96. The molecule has 1 aromatic carbocycles. The SMILES string of the molecule is CC(=O)c1ccc(N2CCN(C(=O)C(C)n3nc(C4CC4)ccc3=O)CC2)cc1. The Labute approximate surface area is 169 Å². The van der Waals surface area contributed by atoms with Crippen LogP contribution in [0.25, 0.3) is 0 Å². The van der Waals surface area contributed by atoms with Gasteiger partial charge in [0.1, 0.15) is 6.04 Å². The molecule has 1 saturated carbocycles. The summed E-state index contributed by atoms with van der Waals surface area (Å²) in [5.74, 6) is 0.414. The Morgan fingerprint density at radius 2 is 1.66 bits per heavy atom. The Bertz CT molecular complexity index is 970. The lowest BCUT2D eigenvalue weighted by Crippen LogP contribution is -2.51. The number of hydrogen-bond acceptors (Lipinski definition) is 5. The highest BCUT2D eigenvalue weighted by atomic mass is 16.2. The number of piperazine rings is 1. The molecule has 0 radical (unpaired) electrons. The largest absolute Gasteiger partial charge is 0.368 e. The van der Waals surface area contributed by atoms with E-state index in [9.17, 15) is 14.4 Å². The van der Waals surface area contributed by atoms with Crippen molar-refractivity contribution in [1.82, 2.24) is 14.7 Å². The van der Waals surface area contributed by atoms with Gasteiger partial charge in [-0.3, -0.25) is 14.4 Å². The van der Waals surface area contributed by atoms with E-state index in [4.69, 9.17) is 0 Å². The van der Waals surface area contributed by atoms with Crippen LogP contribution in [0.1, 0.15) is 54.7 Å². The third-order valence-corrected chi connectivity index (χ3v) is 5.80. The fourth-order valence-corrected chi connectivity index (χ4v) is 3.78. The lowest BCUT2D eigenvalue weighted by Gasteiger charge is -2.37. The topological polar surface area (TPSA) is 75.5 Å². The van der Waals surface area contributed by atoms with Crippen molar-refractivity contribution < 1.29 is 9.59 Å². The molecule has 2 fully saturated rings. The van der Waals surface area contributed by atoms with Gasteiger partial charge in [0, 0.05) is 49.4 Å². The van der Waals surface area contributed by atoms with E-state index < -0.39 is 6.04 Å². The third kappa shape index (κ3) is 4.09. The molecular weight excluding hydrogens is 368 g/mol. The van der Waals surface area contributed by atoms with Crippen molar-refractivity contribution in [2.75, 3.05) is 31.1 Å². The van der Waals surface area contributed by atoms with Crippen molar-refractivity contribution in [3.63, 3.8) is 0 Å². The number of ketones is 1. The summed E-state index contributed by atoms with van der Waals surface area (Å²) in [6.45, 7) is 5.91. The van der Waals surface area contributed by atoms with Crippen LogP contribution in [-0.2, 0) is 4.79 Å². The number of nitrogens with zero attached hydrogens (tertiary/aromatic N) is 4. The molecule has 1 amide bonds. The van der Waals surface area contributed by atoms with E-state index in [-0.39, 0.29) is 17.2 Å². The second-order valence-corrected chi connectivity index (χ2v) is 7.91. The smallest absolute Gasteiger partial charge is 0.267 e. The number of carbonyl (C=O) groups excluding carboxylic acids is 2. The maximum absolute atomic E-state index is 13.0. The van der Waals surface area contributed by atoms with Gasteiger partial charge in [0.05, 0.1) is 5.69 Å². The molecule has 2 aromatic rings. The summed E-state index contributed by atoms with van der Waals surface area (Å²) >= 11 is 0. The average molecular weight is 394 g/mol. The predicted molar refractivity (Wildman–Crippen MR) is 110 cm³/mol. The molecule has 0 spiro atoms. The van der Waals surface area contributed by atoms with Gasteiger partial charge in [-0.1, -0.05) is 0 Å². The summed E-state index contributed by atoms with van der Waals surface area (Å²) in [6.07, 6.45) is 2.20. The van der Waals surface area contributed by atoms with Crippen LogP contribution in [-0.4, -0.2) is 52.5 Å². The summed E-state index contributed by atoms with van der Waals surface area (Å²) in [5.41, 5.74) is 2.41. The van der Waals surface area contributed by atoms with Gasteiger partial charge in [0.2, 0.25) is 5.91 Å². The average Bonchev–Trinajstić information content (AvgIpc) is 3.59. The second-order valence-electron chi connectivity index (χ2n) is 7.91. The highest BCUT2D eigenvalue weighted by Gasteiger charge is 2.29. The molecule has 1 unspecified atom stereocenters. The zero-order valence-electron chi connectivity index (χ0n) is 16.9. The van der Waals surface area contributed by atoms with Crippen LogP contribution in [0, 0.1) is 0 Å². The van der Waals surface area contributed by atoms with Crippen molar-refractivity contribution >= 4 is 17.4 Å². The minimum absolute atomic E-state index is 0.0514. The maximum Gasteiger partial charge on any atom is 0.267 e. The number of Topliss-reactive ketones (excluding diaryl/α,β-unsaturated/α-hetero) is 1. The quantitative estimate of drug-likeness (QED) is 0.727. The molecule has 0 bridgehead atoms. The van der Waals surface area contributed by atoms with Gasteiger partial charge < -0.3 is 9.80 Å². The normalized spacial score (nSPS) is 17.9. The Morgan fingerprint density at radius 1 is 1.00 bits per heavy atom. The number of anilines is 1. The zero-order valence-corrected chi connectivity index (χ0v) is 16.9. The summed E-state index contributed by atoms with van der Waals surface area (Å²) in [6, 6.07) is 10.3. The standard InChI is InChI=1S/C22H26N4O3/c1-15(26-21(28)10-9-20(23-26)18-3-4-18)22(29)25-13-11-24(12-14-25)19-7-5-17(6-8-19)16(2)27/h5-10,15,18H,3-4,11-14H2,1-2H3. The summed E-state index contributed by atoms with van der Waals surface area (Å²) in [7, 11) is 0. The lowest BCUT2D eigenvalue weighted by molar-refractivity contribution is -0.135. The first-order valence-electron chi connectivity index (χ1n) is 10.2. The molecule has 1 atom stereocenters. The van der Waals surface area contributed by atoms with Gasteiger partial charge in [-0.05, 0) is 57.0 Å². The number of carbonyl (C=O) groups is 2. The molecule has 7 nitrogen and oxygen atoms in total. The van der Waals surface area contributed by atoms with Crippen LogP contribution in [0.15, 0.2) is 41.2 Å². The molecule has 4 rings (SSSR count). The molecule has 1 aliphatic heterocycles. The van der Waals surface area contributed by atoms with E-state index in [1.54, 1.807) is 19.9 Å². The maximum atomic E-state index is 13.0. The van der Waals surface area contributed by atoms with Crippen molar-refractivity contribution in [2.45, 2.75) is 38.6 Å². The predicted octanol–water partition coefficient (Wildman–Crippen LogP) is 2.23. The van der Waals surface area contributed by atoms with E-state index >= 15 is 0 Å². The van der Waals surface area contributed by atoms with Crippen molar-refractivity contribution in [2.24, 2.45) is 0 Å². The molecular formula is C22H26N4O3. The first-order chi connectivity index (χ1) is 13.9. The minimum Gasteiger partial charge on any atom is -0.368 e. The lowest BCUT2D eigenvalue weighted by atomic mass is 10.1. The molecule has 1 aromatic heterocycles. The Balaban J connectivity index is 1.40. The minimum atomic E-state index is -0.609. The number of amides is 1. The Morgan fingerprint density at radius 3 is 2.24 bits per heavy atom. The highest BCUT2D eigenvalue weighted by Crippen LogP contribution is 2.38. The first-order valence-corrected chi connectivity index (χ1v) is 10.2. The van der Waals surface area contributed by atoms with Crippen LogP contribution in [0.4, 0.5) is 5.69 Å². The zero-order chi connectivity index (χ0) is 20.5. The van der Waals surface area contributed by atoms with E-state index in [0.717, 1.165) is 24.2 Å². The fraction of sp³-hybridized carbons (Fsp3) is 0.455. The van der Waals surface area contributed by atoms with Gasteiger partial charge in [0.15, 0.2) is 5.78 Å². The van der Waals surface area contributed by atoms with Crippen molar-refractivity contribution in [3.05, 3.63) is 58.0 Å². The van der Waals surface area contributed by atoms with Crippen LogP contribution in [0.3, 0.4) is 0 Å².